The first-order valence-electron chi connectivity index (χ1n) is 5.51. The zero-order valence-electron chi connectivity index (χ0n) is 9.07. The average molecular weight is 220 g/mol. The van der Waals surface area contributed by atoms with Crippen LogP contribution in [0.25, 0.3) is 0 Å². The zero-order valence-corrected chi connectivity index (χ0v) is 9.07. The van der Waals surface area contributed by atoms with Gasteiger partial charge in [0.1, 0.15) is 0 Å². The van der Waals surface area contributed by atoms with E-state index < -0.39 is 6.10 Å². The Morgan fingerprint density at radius 1 is 1.44 bits per heavy atom. The van der Waals surface area contributed by atoms with Gasteiger partial charge in [0.2, 0.25) is 5.91 Å². The Kier molecular flexibility index (Phi) is 3.22. The Bertz CT molecular complexity index is 404. The summed E-state index contributed by atoms with van der Waals surface area (Å²) in [5, 5.41) is 12.6. The van der Waals surface area contributed by atoms with Crippen LogP contribution in [-0.2, 0) is 11.2 Å². The number of hydrogen-bond donors (Lipinski definition) is 3. The first-order chi connectivity index (χ1) is 7.70. The summed E-state index contributed by atoms with van der Waals surface area (Å²) in [5.41, 5.74) is 8.23. The van der Waals surface area contributed by atoms with Crippen molar-refractivity contribution in [2.75, 3.05) is 11.9 Å². The molecule has 4 nitrogen and oxygen atoms in total. The number of carbonyl (C=O) groups is 1. The first kappa shape index (κ1) is 11.1. The summed E-state index contributed by atoms with van der Waals surface area (Å²) < 4.78 is 0. The van der Waals surface area contributed by atoms with E-state index in [-0.39, 0.29) is 5.91 Å². The molecule has 1 aliphatic rings. The summed E-state index contributed by atoms with van der Waals surface area (Å²) in [6.45, 7) is 0.467. The first-order valence-corrected chi connectivity index (χ1v) is 5.51. The largest absolute Gasteiger partial charge is 0.388 e. The van der Waals surface area contributed by atoms with Crippen molar-refractivity contribution in [3.05, 3.63) is 29.3 Å². The van der Waals surface area contributed by atoms with Gasteiger partial charge in [-0.1, -0.05) is 12.1 Å². The highest BCUT2D eigenvalue weighted by Crippen LogP contribution is 2.26. The van der Waals surface area contributed by atoms with Crippen LogP contribution in [0.4, 0.5) is 5.69 Å². The monoisotopic (exact) mass is 220 g/mol. The minimum atomic E-state index is -0.507. The molecule has 4 heteroatoms. The second-order valence-corrected chi connectivity index (χ2v) is 4.06. The van der Waals surface area contributed by atoms with Crippen LogP contribution in [0.3, 0.4) is 0 Å². The van der Waals surface area contributed by atoms with Gasteiger partial charge in [-0.05, 0) is 36.6 Å². The van der Waals surface area contributed by atoms with E-state index in [4.69, 9.17) is 5.73 Å². The van der Waals surface area contributed by atoms with Gasteiger partial charge in [-0.2, -0.15) is 0 Å². The number of aliphatic hydroxyl groups excluding tert-OH is 1. The number of hydrogen-bond acceptors (Lipinski definition) is 3. The Balaban J connectivity index is 2.22. The average Bonchev–Trinajstić information content (AvgIpc) is 2.28. The van der Waals surface area contributed by atoms with Crippen molar-refractivity contribution in [3.63, 3.8) is 0 Å². The molecule has 4 N–H and O–H groups in total. The topological polar surface area (TPSA) is 75.3 Å². The number of aliphatic hydroxyl groups is 1. The lowest BCUT2D eigenvalue weighted by Gasteiger charge is -2.19. The van der Waals surface area contributed by atoms with E-state index in [1.165, 1.54) is 0 Å². The van der Waals surface area contributed by atoms with Crippen LogP contribution >= 0.6 is 0 Å². The van der Waals surface area contributed by atoms with E-state index in [0.717, 1.165) is 23.2 Å². The van der Waals surface area contributed by atoms with Crippen LogP contribution in [0.15, 0.2) is 18.2 Å². The molecule has 0 fully saturated rings. The molecule has 1 aliphatic heterocycles. The number of carbonyl (C=O) groups excluding carboxylic acids is 1. The number of aryl methyl sites for hydroxylation is 1. The number of anilines is 1. The molecular formula is C12H16N2O2. The third-order valence-corrected chi connectivity index (χ3v) is 2.85. The fourth-order valence-corrected chi connectivity index (χ4v) is 1.94. The van der Waals surface area contributed by atoms with E-state index in [2.05, 4.69) is 5.32 Å². The van der Waals surface area contributed by atoms with Gasteiger partial charge in [0, 0.05) is 12.1 Å². The highest BCUT2D eigenvalue weighted by molar-refractivity contribution is 5.93. The van der Waals surface area contributed by atoms with E-state index in [0.29, 0.717) is 19.4 Å². The van der Waals surface area contributed by atoms with Crippen molar-refractivity contribution in [1.82, 2.24) is 0 Å². The van der Waals surface area contributed by atoms with Crippen molar-refractivity contribution < 1.29 is 9.90 Å². The summed E-state index contributed by atoms with van der Waals surface area (Å²) in [6, 6.07) is 5.64. The molecule has 0 aromatic heterocycles. The normalized spacial score (nSPS) is 16.5. The van der Waals surface area contributed by atoms with Crippen molar-refractivity contribution in [3.8, 4) is 0 Å². The quantitative estimate of drug-likeness (QED) is 0.710. The molecule has 1 aromatic carbocycles. The van der Waals surface area contributed by atoms with Crippen molar-refractivity contribution >= 4 is 11.6 Å². The molecule has 1 aromatic rings. The van der Waals surface area contributed by atoms with Crippen molar-refractivity contribution in [1.29, 1.82) is 0 Å². The van der Waals surface area contributed by atoms with Gasteiger partial charge in [0.15, 0.2) is 0 Å². The molecule has 16 heavy (non-hydrogen) atoms. The number of nitrogens with two attached hydrogens (primary N) is 1. The molecular weight excluding hydrogens is 204 g/mol. The van der Waals surface area contributed by atoms with Gasteiger partial charge in [-0.25, -0.2) is 0 Å². The van der Waals surface area contributed by atoms with Gasteiger partial charge in [-0.15, -0.1) is 0 Å². The van der Waals surface area contributed by atoms with Gasteiger partial charge in [0.05, 0.1) is 6.10 Å². The standard InChI is InChI=1S/C12H16N2O2/c13-6-5-11(15)9-1-3-10-8(7-9)2-4-12(16)14-10/h1,3,7,11,15H,2,4-6,13H2,(H,14,16). The van der Waals surface area contributed by atoms with Crippen molar-refractivity contribution in [2.45, 2.75) is 25.4 Å². The van der Waals surface area contributed by atoms with Gasteiger partial charge < -0.3 is 16.2 Å². The molecule has 0 saturated carbocycles. The lowest BCUT2D eigenvalue weighted by molar-refractivity contribution is -0.116. The maximum atomic E-state index is 11.2. The highest BCUT2D eigenvalue weighted by Gasteiger charge is 2.16. The van der Waals surface area contributed by atoms with Crippen LogP contribution in [0.5, 0.6) is 0 Å². The molecule has 0 spiro atoms. The van der Waals surface area contributed by atoms with Gasteiger partial charge in [0.25, 0.3) is 0 Å². The lowest BCUT2D eigenvalue weighted by Crippen LogP contribution is -2.19. The second-order valence-electron chi connectivity index (χ2n) is 4.06. The summed E-state index contributed by atoms with van der Waals surface area (Å²) in [4.78, 5) is 11.2. The predicted octanol–water partition coefficient (Wildman–Crippen LogP) is 0.954. The molecule has 2 rings (SSSR count). The van der Waals surface area contributed by atoms with Gasteiger partial charge >= 0.3 is 0 Å². The summed E-state index contributed by atoms with van der Waals surface area (Å²) >= 11 is 0. The molecule has 0 radical (unpaired) electrons. The molecule has 1 heterocycles. The smallest absolute Gasteiger partial charge is 0.224 e. The fraction of sp³-hybridized carbons (Fsp3) is 0.417. The molecule has 1 unspecified atom stereocenters. The Hall–Kier alpha value is -1.39. The summed E-state index contributed by atoms with van der Waals surface area (Å²) in [6.07, 6.45) is 1.31. The number of amides is 1. The number of fused-ring (bicyclic) bond motifs is 1. The molecule has 86 valence electrons. The van der Waals surface area contributed by atoms with Crippen LogP contribution in [0.1, 0.15) is 30.1 Å². The maximum absolute atomic E-state index is 11.2. The zero-order chi connectivity index (χ0) is 11.5. The number of nitrogens with one attached hydrogen (secondary N) is 1. The van der Waals surface area contributed by atoms with Crippen molar-refractivity contribution in [2.24, 2.45) is 5.73 Å². The number of rotatable bonds is 3. The highest BCUT2D eigenvalue weighted by atomic mass is 16.3. The summed E-state index contributed by atoms with van der Waals surface area (Å²) in [5.74, 6) is 0.0581. The van der Waals surface area contributed by atoms with Crippen LogP contribution in [0, 0.1) is 0 Å². The number of benzene rings is 1. The van der Waals surface area contributed by atoms with E-state index >= 15 is 0 Å². The Morgan fingerprint density at radius 2 is 2.25 bits per heavy atom. The third kappa shape index (κ3) is 2.23. The molecule has 1 atom stereocenters. The minimum absolute atomic E-state index is 0.0581. The van der Waals surface area contributed by atoms with Crippen LogP contribution in [-0.4, -0.2) is 17.6 Å². The Labute approximate surface area is 94.5 Å². The van der Waals surface area contributed by atoms with Crippen LogP contribution < -0.4 is 11.1 Å². The van der Waals surface area contributed by atoms with E-state index in [1.807, 2.05) is 18.2 Å². The molecule has 0 bridgehead atoms. The van der Waals surface area contributed by atoms with Crippen LogP contribution in [0.2, 0.25) is 0 Å². The SMILES string of the molecule is NCCC(O)c1ccc2c(c1)CCC(=O)N2. The molecule has 0 aliphatic carbocycles. The maximum Gasteiger partial charge on any atom is 0.224 e. The lowest BCUT2D eigenvalue weighted by atomic mass is 9.97. The van der Waals surface area contributed by atoms with E-state index in [1.54, 1.807) is 0 Å². The molecule has 1 amide bonds. The van der Waals surface area contributed by atoms with Gasteiger partial charge in [-0.3, -0.25) is 4.79 Å². The minimum Gasteiger partial charge on any atom is -0.388 e. The summed E-state index contributed by atoms with van der Waals surface area (Å²) in [7, 11) is 0. The Morgan fingerprint density at radius 3 is 3.00 bits per heavy atom. The second kappa shape index (κ2) is 4.63. The fourth-order valence-electron chi connectivity index (χ4n) is 1.94. The predicted molar refractivity (Wildman–Crippen MR) is 62.0 cm³/mol. The third-order valence-electron chi connectivity index (χ3n) is 2.85. The molecule has 0 saturated heterocycles. The van der Waals surface area contributed by atoms with E-state index in [9.17, 15) is 9.90 Å².